The molecule has 1 aromatic carbocycles. The van der Waals surface area contributed by atoms with Gasteiger partial charge in [0.05, 0.1) is 0 Å². The van der Waals surface area contributed by atoms with E-state index in [1.54, 1.807) is 13.0 Å². The summed E-state index contributed by atoms with van der Waals surface area (Å²) in [6, 6.07) is 3.33. The molecule has 0 aliphatic rings. The first kappa shape index (κ1) is 12.1. The Balaban J connectivity index is 3.05. The Kier molecular flexibility index (Phi) is 4.23. The summed E-state index contributed by atoms with van der Waals surface area (Å²) in [5, 5.41) is 11.6. The van der Waals surface area contributed by atoms with Crippen molar-refractivity contribution < 1.29 is 14.3 Å². The van der Waals surface area contributed by atoms with E-state index in [9.17, 15) is 9.18 Å². The van der Waals surface area contributed by atoms with Crippen LogP contribution in [0, 0.1) is 5.82 Å². The van der Waals surface area contributed by atoms with E-state index in [-0.39, 0.29) is 5.56 Å². The van der Waals surface area contributed by atoms with Gasteiger partial charge in [-0.15, -0.1) is 0 Å². The summed E-state index contributed by atoms with van der Waals surface area (Å²) >= 11 is 3.11. The molecule has 0 radical (unpaired) electrons. The zero-order chi connectivity index (χ0) is 11.4. The van der Waals surface area contributed by atoms with Gasteiger partial charge in [-0.1, -0.05) is 28.9 Å². The second kappa shape index (κ2) is 5.23. The molecular formula is C10H11BrFNO2. The van der Waals surface area contributed by atoms with Gasteiger partial charge < -0.3 is 10.4 Å². The van der Waals surface area contributed by atoms with Gasteiger partial charge >= 0.3 is 5.97 Å². The standard InChI is InChI=1S/C10H11BrFNO2/c1-2-13-9(10(14)15)7-4-3-6(11)5-8(7)12/h3-5,9,13H,2H2,1H3,(H,14,15). The molecule has 82 valence electrons. The van der Waals surface area contributed by atoms with Gasteiger partial charge in [-0.25, -0.2) is 4.39 Å². The lowest BCUT2D eigenvalue weighted by Gasteiger charge is -2.14. The maximum atomic E-state index is 13.5. The molecule has 0 heterocycles. The molecule has 1 rings (SSSR count). The van der Waals surface area contributed by atoms with Crippen LogP contribution in [-0.4, -0.2) is 17.6 Å². The van der Waals surface area contributed by atoms with Crippen LogP contribution in [0.1, 0.15) is 18.5 Å². The molecule has 0 saturated heterocycles. The first-order chi connectivity index (χ1) is 7.06. The summed E-state index contributed by atoms with van der Waals surface area (Å²) in [4.78, 5) is 10.9. The van der Waals surface area contributed by atoms with Crippen molar-refractivity contribution in [2.24, 2.45) is 0 Å². The van der Waals surface area contributed by atoms with Crippen molar-refractivity contribution in [3.63, 3.8) is 0 Å². The van der Waals surface area contributed by atoms with Crippen LogP contribution in [0.3, 0.4) is 0 Å². The molecule has 0 aromatic heterocycles. The molecule has 0 spiro atoms. The van der Waals surface area contributed by atoms with Crippen LogP contribution in [0.5, 0.6) is 0 Å². The highest BCUT2D eigenvalue weighted by Gasteiger charge is 2.21. The molecule has 0 bridgehead atoms. The SMILES string of the molecule is CCNC(C(=O)O)c1ccc(Br)cc1F. The Hall–Kier alpha value is -0.940. The maximum absolute atomic E-state index is 13.5. The summed E-state index contributed by atoms with van der Waals surface area (Å²) in [6.07, 6.45) is 0. The summed E-state index contributed by atoms with van der Waals surface area (Å²) in [6.45, 7) is 2.24. The molecule has 0 aliphatic heterocycles. The van der Waals surface area contributed by atoms with Gasteiger partial charge in [0.1, 0.15) is 11.9 Å². The van der Waals surface area contributed by atoms with Crippen molar-refractivity contribution in [1.29, 1.82) is 0 Å². The van der Waals surface area contributed by atoms with E-state index in [0.717, 1.165) is 0 Å². The van der Waals surface area contributed by atoms with Gasteiger partial charge in [-0.2, -0.15) is 0 Å². The zero-order valence-corrected chi connectivity index (χ0v) is 9.71. The number of carboxylic acids is 1. The van der Waals surface area contributed by atoms with Crippen molar-refractivity contribution >= 4 is 21.9 Å². The number of carbonyl (C=O) groups is 1. The molecule has 1 unspecified atom stereocenters. The number of carboxylic acid groups (broad SMARTS) is 1. The third-order valence-electron chi connectivity index (χ3n) is 1.93. The van der Waals surface area contributed by atoms with Crippen molar-refractivity contribution in [3.05, 3.63) is 34.1 Å². The maximum Gasteiger partial charge on any atom is 0.325 e. The molecule has 0 aliphatic carbocycles. The molecular weight excluding hydrogens is 265 g/mol. The molecule has 3 nitrogen and oxygen atoms in total. The Bertz CT molecular complexity index is 370. The topological polar surface area (TPSA) is 49.3 Å². The minimum Gasteiger partial charge on any atom is -0.480 e. The normalized spacial score (nSPS) is 12.5. The van der Waals surface area contributed by atoms with Gasteiger partial charge in [0.2, 0.25) is 0 Å². The highest BCUT2D eigenvalue weighted by atomic mass is 79.9. The number of hydrogen-bond acceptors (Lipinski definition) is 2. The zero-order valence-electron chi connectivity index (χ0n) is 8.13. The number of rotatable bonds is 4. The molecule has 0 amide bonds. The highest BCUT2D eigenvalue weighted by Crippen LogP contribution is 2.21. The lowest BCUT2D eigenvalue weighted by Crippen LogP contribution is -2.29. The predicted octanol–water partition coefficient (Wildman–Crippen LogP) is 2.32. The number of benzene rings is 1. The Morgan fingerprint density at radius 2 is 2.33 bits per heavy atom. The molecule has 0 saturated carbocycles. The summed E-state index contributed by atoms with van der Waals surface area (Å²) < 4.78 is 14.0. The Morgan fingerprint density at radius 1 is 1.67 bits per heavy atom. The van der Waals surface area contributed by atoms with E-state index in [1.807, 2.05) is 0 Å². The summed E-state index contributed by atoms with van der Waals surface area (Å²) in [7, 11) is 0. The van der Waals surface area contributed by atoms with Crippen LogP contribution in [0.25, 0.3) is 0 Å². The number of likely N-dealkylation sites (N-methyl/N-ethyl adjacent to an activating group) is 1. The molecule has 1 aromatic rings. The third-order valence-corrected chi connectivity index (χ3v) is 2.42. The fourth-order valence-electron chi connectivity index (χ4n) is 1.27. The van der Waals surface area contributed by atoms with Gasteiger partial charge in [0, 0.05) is 10.0 Å². The molecule has 1 atom stereocenters. The van der Waals surface area contributed by atoms with Crippen LogP contribution in [0.2, 0.25) is 0 Å². The largest absolute Gasteiger partial charge is 0.480 e. The summed E-state index contributed by atoms with van der Waals surface area (Å²) in [5.41, 5.74) is 0.146. The second-order valence-electron chi connectivity index (χ2n) is 2.99. The monoisotopic (exact) mass is 275 g/mol. The number of aliphatic carboxylic acids is 1. The van der Waals surface area contributed by atoms with E-state index in [1.165, 1.54) is 12.1 Å². The Labute approximate surface area is 95.4 Å². The Morgan fingerprint density at radius 3 is 2.80 bits per heavy atom. The van der Waals surface area contributed by atoms with Crippen molar-refractivity contribution in [1.82, 2.24) is 5.32 Å². The molecule has 2 N–H and O–H groups in total. The van der Waals surface area contributed by atoms with Crippen LogP contribution in [-0.2, 0) is 4.79 Å². The minimum atomic E-state index is -1.09. The smallest absolute Gasteiger partial charge is 0.325 e. The van der Waals surface area contributed by atoms with E-state index >= 15 is 0 Å². The van der Waals surface area contributed by atoms with Gasteiger partial charge in [0.25, 0.3) is 0 Å². The fourth-order valence-corrected chi connectivity index (χ4v) is 1.60. The lowest BCUT2D eigenvalue weighted by atomic mass is 10.1. The number of nitrogens with one attached hydrogen (secondary N) is 1. The number of halogens is 2. The van der Waals surface area contributed by atoms with Crippen LogP contribution in [0.15, 0.2) is 22.7 Å². The fraction of sp³-hybridized carbons (Fsp3) is 0.300. The van der Waals surface area contributed by atoms with Gasteiger partial charge in [0.15, 0.2) is 0 Å². The average molecular weight is 276 g/mol. The lowest BCUT2D eigenvalue weighted by molar-refractivity contribution is -0.139. The van der Waals surface area contributed by atoms with Crippen molar-refractivity contribution in [3.8, 4) is 0 Å². The summed E-state index contributed by atoms with van der Waals surface area (Å²) in [5.74, 6) is -1.62. The van der Waals surface area contributed by atoms with Gasteiger partial charge in [-0.3, -0.25) is 4.79 Å². The van der Waals surface area contributed by atoms with Crippen molar-refractivity contribution in [2.75, 3.05) is 6.54 Å². The molecule has 15 heavy (non-hydrogen) atoms. The minimum absolute atomic E-state index is 0.146. The van der Waals surface area contributed by atoms with Crippen LogP contribution < -0.4 is 5.32 Å². The average Bonchev–Trinajstić information content (AvgIpc) is 2.15. The van der Waals surface area contributed by atoms with E-state index in [4.69, 9.17) is 5.11 Å². The molecule has 5 heteroatoms. The third kappa shape index (κ3) is 3.00. The highest BCUT2D eigenvalue weighted by molar-refractivity contribution is 9.10. The van der Waals surface area contributed by atoms with E-state index in [2.05, 4.69) is 21.2 Å². The second-order valence-corrected chi connectivity index (χ2v) is 3.91. The van der Waals surface area contributed by atoms with E-state index < -0.39 is 17.8 Å². The number of hydrogen-bond donors (Lipinski definition) is 2. The first-order valence-electron chi connectivity index (χ1n) is 4.47. The van der Waals surface area contributed by atoms with Gasteiger partial charge in [-0.05, 0) is 18.7 Å². The predicted molar refractivity (Wildman–Crippen MR) is 58.2 cm³/mol. The first-order valence-corrected chi connectivity index (χ1v) is 5.26. The molecule has 0 fully saturated rings. The van der Waals surface area contributed by atoms with Crippen molar-refractivity contribution in [2.45, 2.75) is 13.0 Å². The van der Waals surface area contributed by atoms with Crippen LogP contribution >= 0.6 is 15.9 Å². The van der Waals surface area contributed by atoms with E-state index in [0.29, 0.717) is 11.0 Å². The quantitative estimate of drug-likeness (QED) is 0.887. The van der Waals surface area contributed by atoms with Crippen LogP contribution in [0.4, 0.5) is 4.39 Å².